The number of nitrogens with zero attached hydrogens (tertiary/aromatic N) is 22. The summed E-state index contributed by atoms with van der Waals surface area (Å²) in [5, 5.41) is 6.62. The number of benzene rings is 5. The first kappa shape index (κ1) is 91.8. The van der Waals surface area contributed by atoms with Crippen molar-refractivity contribution in [2.75, 3.05) is 188 Å². The lowest BCUT2D eigenvalue weighted by atomic mass is 10.0. The van der Waals surface area contributed by atoms with Crippen molar-refractivity contribution in [3.05, 3.63) is 227 Å². The van der Waals surface area contributed by atoms with Gasteiger partial charge in [0.15, 0.2) is 0 Å². The number of rotatable bonds is 23. The molecule has 9 aromatic rings. The van der Waals surface area contributed by atoms with Crippen LogP contribution in [0.5, 0.6) is 18.0 Å². The monoisotopic (exact) mass is 1780 g/mol. The van der Waals surface area contributed by atoms with Gasteiger partial charge in [-0.3, -0.25) is 19.3 Å². The largest absolute Gasteiger partial charge is 0.462 e. The molecule has 129 heavy (non-hydrogen) atoms. The zero-order valence-corrected chi connectivity index (χ0v) is 76.0. The van der Waals surface area contributed by atoms with Crippen molar-refractivity contribution in [2.24, 2.45) is 5.92 Å². The van der Waals surface area contributed by atoms with Crippen molar-refractivity contribution in [1.82, 2.24) is 64.3 Å². The summed E-state index contributed by atoms with van der Waals surface area (Å²) in [4.78, 5) is 109. The first-order valence-corrected chi connectivity index (χ1v) is 45.1. The molecule has 10 aliphatic rings. The van der Waals surface area contributed by atoms with Gasteiger partial charge in [0.1, 0.15) is 67.0 Å². The average Bonchev–Trinajstić information content (AvgIpc) is 1.09. The molecule has 0 radical (unpaired) electrons. The summed E-state index contributed by atoms with van der Waals surface area (Å²) in [7, 11) is 4.26. The van der Waals surface area contributed by atoms with Crippen LogP contribution in [0, 0.1) is 31.5 Å². The van der Waals surface area contributed by atoms with Gasteiger partial charge in [-0.2, -0.15) is 56.9 Å². The van der Waals surface area contributed by atoms with E-state index in [4.69, 9.17) is 68.8 Å². The number of carbonyl (C=O) groups excluding carboxylic acids is 3. The van der Waals surface area contributed by atoms with E-state index in [2.05, 4.69) is 153 Å². The van der Waals surface area contributed by atoms with Crippen LogP contribution in [0.4, 0.5) is 39.0 Å². The van der Waals surface area contributed by atoms with E-state index < -0.39 is 0 Å². The molecular formula is C98H117FN22O6S2. The molecule has 3 unspecified atom stereocenters. The van der Waals surface area contributed by atoms with Crippen LogP contribution >= 0.6 is 27.0 Å². The van der Waals surface area contributed by atoms with Crippen molar-refractivity contribution >= 4 is 112 Å². The van der Waals surface area contributed by atoms with E-state index in [-0.39, 0.29) is 88.3 Å². The van der Waals surface area contributed by atoms with Crippen LogP contribution in [0.15, 0.2) is 153 Å². The van der Waals surface area contributed by atoms with E-state index in [1.807, 2.05) is 42.6 Å². The van der Waals surface area contributed by atoms with Crippen LogP contribution in [0.1, 0.15) is 85.1 Å². The predicted octanol–water partition coefficient (Wildman–Crippen LogP) is 11.9. The number of likely N-dealkylation sites (N-methyl/N-ethyl adjacent to an activating group) is 2. The maximum atomic E-state index is 14.0. The summed E-state index contributed by atoms with van der Waals surface area (Å²) in [6.45, 7) is 49.5. The standard InChI is InChI=1S/C35H41N7O2.C32H36FN7O2.C31H36N8O2.2H2S/c1-3-33(43)42-19-18-41(22-28(42)20-36-2)34-30-15-17-40(32-12-6-9-26-8-4-5-11-29(26)32)23-31(30)37-35(38-34)44-24-27-10-7-16-39(27)21-25-13-14-25;1-4-30(41)40-16-15-39(19-25(40)18-34-2)31-27-12-14-38(29-9-5-7-22-17-23(33)10-11-26(22)29)20-28(27)35-32(36-31)42-21-24-8-6-13-37(24)3;1-4-28(40)39-17-16-38(19-24(39)18-32-2)30-26-12-15-37(29-25-10-6-5-8-22(25)11-13-33-29)20-27(26)34-31(35-30)41-21-23-9-7-14-36(23)3;;/h3-6,8-9,11-12,25,27-28H,1,7,10,13-24H2;4-5,7,9-11,17,24-25H,1,6,8,12-16,18-21H2,3H3;4-6,8,10-11,13,23-24H,1,7,9,12,14-21H2,3H3;2*1H2/t27-,28?;24-,25?;23-,24?;;/m000../s1. The Balaban J connectivity index is 0.000000148. The molecule has 13 heterocycles. The maximum Gasteiger partial charge on any atom is 0.318 e. The highest BCUT2D eigenvalue weighted by atomic mass is 32.1. The fraction of sp³-hybridized carbons (Fsp3) is 0.459. The van der Waals surface area contributed by atoms with Crippen molar-refractivity contribution in [1.29, 1.82) is 0 Å². The second-order valence-corrected chi connectivity index (χ2v) is 35.0. The van der Waals surface area contributed by atoms with E-state index in [0.29, 0.717) is 135 Å². The molecule has 4 aromatic heterocycles. The Labute approximate surface area is 769 Å². The number of halogens is 1. The number of ether oxygens (including phenoxy) is 3. The minimum Gasteiger partial charge on any atom is -0.462 e. The lowest BCUT2D eigenvalue weighted by Gasteiger charge is -2.41. The molecule has 674 valence electrons. The molecule has 31 heteroatoms. The first-order valence-electron chi connectivity index (χ1n) is 45.1. The number of anilines is 6. The third kappa shape index (κ3) is 20.7. The van der Waals surface area contributed by atoms with E-state index in [1.165, 1.54) is 73.0 Å². The molecule has 6 saturated heterocycles. The smallest absolute Gasteiger partial charge is 0.318 e. The van der Waals surface area contributed by atoms with Crippen LogP contribution in [0.3, 0.4) is 0 Å². The molecule has 0 spiro atoms. The van der Waals surface area contributed by atoms with Gasteiger partial charge >= 0.3 is 18.0 Å². The highest BCUT2D eigenvalue weighted by Crippen LogP contribution is 2.41. The normalized spacial score (nSPS) is 21.0. The van der Waals surface area contributed by atoms with Crippen molar-refractivity contribution in [3.8, 4) is 18.0 Å². The molecular weight excluding hydrogens is 1660 g/mol. The lowest BCUT2D eigenvalue weighted by molar-refractivity contribution is -0.129. The summed E-state index contributed by atoms with van der Waals surface area (Å²) in [5.74, 6) is 3.74. The van der Waals surface area contributed by atoms with Crippen LogP contribution in [-0.2, 0) is 53.3 Å². The number of hydrogen-bond donors (Lipinski definition) is 0. The van der Waals surface area contributed by atoms with Gasteiger partial charge in [0, 0.05) is 154 Å². The van der Waals surface area contributed by atoms with Crippen LogP contribution < -0.4 is 43.6 Å². The highest BCUT2D eigenvalue weighted by Gasteiger charge is 2.41. The number of fused-ring (bicyclic) bond motifs is 6. The first-order chi connectivity index (χ1) is 62.1. The molecule has 7 fully saturated rings. The molecule has 5 aromatic carbocycles. The van der Waals surface area contributed by atoms with Crippen molar-refractivity contribution in [2.45, 2.75) is 127 Å². The molecule has 19 rings (SSSR count). The summed E-state index contributed by atoms with van der Waals surface area (Å²) in [6.07, 6.45) is 17.8. The molecule has 28 nitrogen and oxygen atoms in total. The second kappa shape index (κ2) is 42.1. The molecule has 0 N–H and O–H groups in total. The number of piperazine rings is 3. The Morgan fingerprint density at radius 3 is 1.28 bits per heavy atom. The molecule has 9 aliphatic heterocycles. The van der Waals surface area contributed by atoms with Gasteiger partial charge in [-0.15, -0.1) is 0 Å². The number of aromatic nitrogens is 7. The topological polar surface area (TPSA) is 221 Å². The summed E-state index contributed by atoms with van der Waals surface area (Å²) in [5.41, 5.74) is 8.44. The fourth-order valence-electron chi connectivity index (χ4n) is 20.1. The van der Waals surface area contributed by atoms with E-state index in [0.717, 1.165) is 174 Å². The van der Waals surface area contributed by atoms with E-state index >= 15 is 0 Å². The molecule has 1 saturated carbocycles. The fourth-order valence-corrected chi connectivity index (χ4v) is 20.1. The minimum absolute atomic E-state index is 0. The Kier molecular flexibility index (Phi) is 30.0. The molecule has 6 atom stereocenters. The van der Waals surface area contributed by atoms with Crippen LogP contribution in [-0.4, -0.2) is 277 Å². The Morgan fingerprint density at radius 1 is 0.426 bits per heavy atom. The highest BCUT2D eigenvalue weighted by molar-refractivity contribution is 7.59. The van der Waals surface area contributed by atoms with Gasteiger partial charge in [0.25, 0.3) is 0 Å². The molecule has 0 bridgehead atoms. The predicted molar refractivity (Wildman–Crippen MR) is 514 cm³/mol. The quantitative estimate of drug-likeness (QED) is 0.0429. The number of amides is 3. The number of pyridine rings is 1. The van der Waals surface area contributed by atoms with Crippen LogP contribution in [0.25, 0.3) is 46.9 Å². The SMILES string of the molecule is S.S.[C-]#[N+]CC1CN(c2nc(OC[C@@H]3CCCN3C)nc3c2CCN(c2cccc4cc(F)ccc24)C3)CCN1C(=O)C=C.[C-]#[N+]CC1CN(c2nc(OC[C@@H]3CCCN3C)nc3c2CCN(c2nccc4ccccc24)C3)CCN1C(=O)C=C.[C-]#[N+]CC1CN(c2nc(OC[C@@H]3CCCN3CC3CC3)nc3c2CCN(c2cccc4ccccc24)C3)CCN1C(=O)C=C. The third-order valence-electron chi connectivity index (χ3n) is 27.2. The molecule has 1 aliphatic carbocycles. The third-order valence-corrected chi connectivity index (χ3v) is 27.2. The van der Waals surface area contributed by atoms with Gasteiger partial charge in [-0.25, -0.2) is 29.1 Å². The lowest BCUT2D eigenvalue weighted by Crippen LogP contribution is -2.56. The van der Waals surface area contributed by atoms with E-state index in [9.17, 15) is 18.8 Å². The average molecular weight is 1780 g/mol. The zero-order valence-electron chi connectivity index (χ0n) is 74.0. The number of hydrogen-bond acceptors (Lipinski definition) is 22. The van der Waals surface area contributed by atoms with Gasteiger partial charge in [-0.1, -0.05) is 92.5 Å². The minimum atomic E-state index is -0.250. The Bertz CT molecular complexity index is 5700. The number of likely N-dealkylation sites (tertiary alicyclic amines) is 3. The van der Waals surface area contributed by atoms with Gasteiger partial charge < -0.3 is 82.6 Å². The summed E-state index contributed by atoms with van der Waals surface area (Å²) >= 11 is 0. The zero-order chi connectivity index (χ0) is 87.6. The Hall–Kier alpha value is -11.9. The van der Waals surface area contributed by atoms with Crippen LogP contribution in [0.2, 0.25) is 0 Å². The van der Waals surface area contributed by atoms with Crippen molar-refractivity contribution < 1.29 is 33.0 Å². The summed E-state index contributed by atoms with van der Waals surface area (Å²) in [6, 6.07) is 37.9. The summed E-state index contributed by atoms with van der Waals surface area (Å²) < 4.78 is 32.9. The van der Waals surface area contributed by atoms with Crippen molar-refractivity contribution in [3.63, 3.8) is 0 Å². The van der Waals surface area contributed by atoms with Gasteiger partial charge in [0.2, 0.25) is 37.4 Å². The van der Waals surface area contributed by atoms with Gasteiger partial charge in [-0.05, 0) is 181 Å². The maximum absolute atomic E-state index is 14.0. The molecule has 3 amide bonds. The van der Waals surface area contributed by atoms with Gasteiger partial charge in [0.05, 0.1) is 36.7 Å². The number of carbonyl (C=O) groups is 3. The van der Waals surface area contributed by atoms with E-state index in [1.54, 1.807) is 20.8 Å². The second-order valence-electron chi connectivity index (χ2n) is 35.0. The Morgan fingerprint density at radius 2 is 0.829 bits per heavy atom.